The van der Waals surface area contributed by atoms with Crippen molar-refractivity contribution in [2.24, 2.45) is 5.92 Å². The van der Waals surface area contributed by atoms with Crippen LogP contribution in [0.2, 0.25) is 5.02 Å². The van der Waals surface area contributed by atoms with Crippen LogP contribution < -0.4 is 5.32 Å². The summed E-state index contributed by atoms with van der Waals surface area (Å²) >= 11 is 5.88. The Hall–Kier alpha value is -2.79. The fraction of sp³-hybridized carbons (Fsp3) is 0.238. The molecule has 1 aromatic heterocycles. The summed E-state index contributed by atoms with van der Waals surface area (Å²) in [4.78, 5) is 27.2. The first-order valence-corrected chi connectivity index (χ1v) is 9.31. The van der Waals surface area contributed by atoms with E-state index >= 15 is 0 Å². The zero-order valence-corrected chi connectivity index (χ0v) is 15.4. The zero-order chi connectivity index (χ0) is 18.8. The van der Waals surface area contributed by atoms with Crippen LogP contribution in [0.15, 0.2) is 59.2 Å². The SMILES string of the molecule is O=C(Nc1ccc(Cl)cc1)C1CCCN(C(=O)c2ccc3occc3c2)C1. The summed E-state index contributed by atoms with van der Waals surface area (Å²) in [6.45, 7) is 1.08. The van der Waals surface area contributed by atoms with Gasteiger partial charge in [-0.2, -0.15) is 0 Å². The second kappa shape index (κ2) is 7.45. The smallest absolute Gasteiger partial charge is 0.253 e. The van der Waals surface area contributed by atoms with Crippen molar-refractivity contribution in [3.05, 3.63) is 65.4 Å². The first-order chi connectivity index (χ1) is 13.1. The molecule has 0 bridgehead atoms. The van der Waals surface area contributed by atoms with Crippen molar-refractivity contribution < 1.29 is 14.0 Å². The Labute approximate surface area is 161 Å². The van der Waals surface area contributed by atoms with Gasteiger partial charge in [-0.3, -0.25) is 9.59 Å². The van der Waals surface area contributed by atoms with E-state index < -0.39 is 0 Å². The number of benzene rings is 2. The van der Waals surface area contributed by atoms with Crippen molar-refractivity contribution in [1.29, 1.82) is 0 Å². The van der Waals surface area contributed by atoms with E-state index in [1.54, 1.807) is 47.6 Å². The highest BCUT2D eigenvalue weighted by Crippen LogP contribution is 2.23. The molecule has 27 heavy (non-hydrogen) atoms. The first-order valence-electron chi connectivity index (χ1n) is 8.93. The first kappa shape index (κ1) is 17.6. The summed E-state index contributed by atoms with van der Waals surface area (Å²) in [5.41, 5.74) is 2.08. The molecule has 1 aliphatic rings. The number of amides is 2. The topological polar surface area (TPSA) is 62.6 Å². The molecule has 2 amide bonds. The maximum Gasteiger partial charge on any atom is 0.253 e. The second-order valence-corrected chi connectivity index (χ2v) is 7.20. The Balaban J connectivity index is 1.44. The van der Waals surface area contributed by atoms with Crippen LogP contribution in [0.5, 0.6) is 0 Å². The average molecular weight is 383 g/mol. The molecule has 0 radical (unpaired) electrons. The van der Waals surface area contributed by atoms with E-state index in [0.717, 1.165) is 23.8 Å². The van der Waals surface area contributed by atoms with E-state index in [1.165, 1.54) is 0 Å². The van der Waals surface area contributed by atoms with Gasteiger partial charge in [0.2, 0.25) is 5.91 Å². The molecule has 0 aliphatic carbocycles. The van der Waals surface area contributed by atoms with E-state index in [2.05, 4.69) is 5.32 Å². The summed E-state index contributed by atoms with van der Waals surface area (Å²) < 4.78 is 5.32. The predicted molar refractivity (Wildman–Crippen MR) is 105 cm³/mol. The molecule has 0 saturated carbocycles. The number of nitrogens with zero attached hydrogens (tertiary/aromatic N) is 1. The molecular formula is C21H19ClN2O3. The quantitative estimate of drug-likeness (QED) is 0.721. The van der Waals surface area contributed by atoms with Crippen LogP contribution in [0, 0.1) is 5.92 Å². The van der Waals surface area contributed by atoms with E-state index in [4.69, 9.17) is 16.0 Å². The Kier molecular flexibility index (Phi) is 4.86. The highest BCUT2D eigenvalue weighted by Gasteiger charge is 2.29. The minimum Gasteiger partial charge on any atom is -0.464 e. The molecule has 1 saturated heterocycles. The van der Waals surface area contributed by atoms with Gasteiger partial charge in [-0.1, -0.05) is 11.6 Å². The third-order valence-corrected chi connectivity index (χ3v) is 5.14. The number of hydrogen-bond donors (Lipinski definition) is 1. The van der Waals surface area contributed by atoms with Gasteiger partial charge in [-0.15, -0.1) is 0 Å². The van der Waals surface area contributed by atoms with Gasteiger partial charge in [0.1, 0.15) is 5.58 Å². The molecule has 5 nitrogen and oxygen atoms in total. The van der Waals surface area contributed by atoms with E-state index in [9.17, 15) is 9.59 Å². The third-order valence-electron chi connectivity index (χ3n) is 4.89. The molecule has 138 valence electrons. The summed E-state index contributed by atoms with van der Waals surface area (Å²) in [5.74, 6) is -0.349. The van der Waals surface area contributed by atoms with E-state index in [1.807, 2.05) is 12.1 Å². The van der Waals surface area contributed by atoms with Gasteiger partial charge in [0.05, 0.1) is 12.2 Å². The number of carbonyl (C=O) groups excluding carboxylic acids is 2. The molecule has 1 atom stereocenters. The van der Waals surface area contributed by atoms with Gasteiger partial charge in [0.25, 0.3) is 5.91 Å². The number of likely N-dealkylation sites (tertiary alicyclic amines) is 1. The third kappa shape index (κ3) is 3.83. The molecule has 1 fully saturated rings. The number of anilines is 1. The Bertz CT molecular complexity index is 981. The molecule has 1 N–H and O–H groups in total. The lowest BCUT2D eigenvalue weighted by molar-refractivity contribution is -0.121. The molecular weight excluding hydrogens is 364 g/mol. The van der Waals surface area contributed by atoms with Crippen LogP contribution in [0.1, 0.15) is 23.2 Å². The van der Waals surface area contributed by atoms with Crippen molar-refractivity contribution in [2.75, 3.05) is 18.4 Å². The maximum atomic E-state index is 12.9. The number of halogens is 1. The lowest BCUT2D eigenvalue weighted by Gasteiger charge is -2.32. The minimum absolute atomic E-state index is 0.0536. The molecule has 3 aromatic rings. The standard InChI is InChI=1S/C21H19ClN2O3/c22-17-4-6-18(7-5-17)23-20(25)16-2-1-10-24(13-16)21(26)15-3-8-19-14(12-15)9-11-27-19/h3-9,11-12,16H,1-2,10,13H2,(H,23,25). The van der Waals surface area contributed by atoms with Crippen LogP contribution in [0.4, 0.5) is 5.69 Å². The van der Waals surface area contributed by atoms with Crippen LogP contribution in [0.3, 0.4) is 0 Å². The summed E-state index contributed by atoms with van der Waals surface area (Å²) in [5, 5.41) is 4.43. The number of furan rings is 1. The Morgan fingerprint density at radius 2 is 1.93 bits per heavy atom. The highest BCUT2D eigenvalue weighted by molar-refractivity contribution is 6.30. The molecule has 1 aliphatic heterocycles. The van der Waals surface area contributed by atoms with Crippen molar-refractivity contribution in [3.63, 3.8) is 0 Å². The van der Waals surface area contributed by atoms with Crippen molar-refractivity contribution in [1.82, 2.24) is 4.90 Å². The summed E-state index contributed by atoms with van der Waals surface area (Å²) in [7, 11) is 0. The normalized spacial score (nSPS) is 17.1. The molecule has 1 unspecified atom stereocenters. The van der Waals surface area contributed by atoms with Crippen LogP contribution >= 0.6 is 11.6 Å². The number of hydrogen-bond acceptors (Lipinski definition) is 3. The fourth-order valence-corrected chi connectivity index (χ4v) is 3.56. The minimum atomic E-state index is -0.226. The highest BCUT2D eigenvalue weighted by atomic mass is 35.5. The summed E-state index contributed by atoms with van der Waals surface area (Å²) in [6, 6.07) is 14.3. The number of piperidine rings is 1. The van der Waals surface area contributed by atoms with E-state index in [-0.39, 0.29) is 17.7 Å². The molecule has 2 heterocycles. The van der Waals surface area contributed by atoms with Gasteiger partial charge in [0, 0.05) is 34.7 Å². The van der Waals surface area contributed by atoms with Gasteiger partial charge in [0.15, 0.2) is 0 Å². The van der Waals surface area contributed by atoms with Gasteiger partial charge in [-0.25, -0.2) is 0 Å². The van der Waals surface area contributed by atoms with Crippen molar-refractivity contribution in [2.45, 2.75) is 12.8 Å². The lowest BCUT2D eigenvalue weighted by atomic mass is 9.96. The Morgan fingerprint density at radius 1 is 1.11 bits per heavy atom. The predicted octanol–water partition coefficient (Wildman–Crippen LogP) is 4.58. The number of carbonyl (C=O) groups is 2. The second-order valence-electron chi connectivity index (χ2n) is 6.76. The van der Waals surface area contributed by atoms with Crippen molar-refractivity contribution in [3.8, 4) is 0 Å². The molecule has 4 rings (SSSR count). The zero-order valence-electron chi connectivity index (χ0n) is 14.7. The van der Waals surface area contributed by atoms with E-state index in [0.29, 0.717) is 29.4 Å². The summed E-state index contributed by atoms with van der Waals surface area (Å²) in [6.07, 6.45) is 3.18. The Morgan fingerprint density at radius 3 is 2.74 bits per heavy atom. The largest absolute Gasteiger partial charge is 0.464 e. The number of nitrogens with one attached hydrogen (secondary N) is 1. The monoisotopic (exact) mass is 382 g/mol. The number of fused-ring (bicyclic) bond motifs is 1. The van der Waals surface area contributed by atoms with Crippen LogP contribution in [0.25, 0.3) is 11.0 Å². The molecule has 6 heteroatoms. The van der Waals surface area contributed by atoms with Gasteiger partial charge < -0.3 is 14.6 Å². The lowest BCUT2D eigenvalue weighted by Crippen LogP contribution is -2.43. The van der Waals surface area contributed by atoms with Crippen LogP contribution in [-0.2, 0) is 4.79 Å². The van der Waals surface area contributed by atoms with Gasteiger partial charge >= 0.3 is 0 Å². The average Bonchev–Trinajstić information content (AvgIpc) is 3.17. The van der Waals surface area contributed by atoms with Crippen molar-refractivity contribution >= 4 is 40.1 Å². The fourth-order valence-electron chi connectivity index (χ4n) is 3.44. The molecule has 2 aromatic carbocycles. The number of rotatable bonds is 3. The maximum absolute atomic E-state index is 12.9. The van der Waals surface area contributed by atoms with Gasteiger partial charge in [-0.05, 0) is 61.4 Å². The van der Waals surface area contributed by atoms with Crippen LogP contribution in [-0.4, -0.2) is 29.8 Å². The molecule has 0 spiro atoms.